The van der Waals surface area contributed by atoms with Gasteiger partial charge in [-0.05, 0) is 35.4 Å². The first-order valence-corrected chi connectivity index (χ1v) is 11.6. The second-order valence-corrected chi connectivity index (χ2v) is 8.97. The van der Waals surface area contributed by atoms with E-state index in [4.69, 9.17) is 18.9 Å². The molecule has 0 N–H and O–H groups in total. The molecule has 0 aromatic heterocycles. The highest BCUT2D eigenvalue weighted by Crippen LogP contribution is 2.56. The average molecular weight is 600 g/mol. The molecule has 41 heavy (non-hydrogen) atoms. The lowest BCUT2D eigenvalue weighted by Crippen LogP contribution is -2.54. The van der Waals surface area contributed by atoms with E-state index in [0.29, 0.717) is 13.2 Å². The molecular formula is C26H24F8O7. The van der Waals surface area contributed by atoms with Crippen LogP contribution in [0.5, 0.6) is 11.5 Å². The Morgan fingerprint density at radius 3 is 1.32 bits per heavy atom. The summed E-state index contributed by atoms with van der Waals surface area (Å²) in [5.41, 5.74) is -6.12. The van der Waals surface area contributed by atoms with Crippen LogP contribution in [0.2, 0.25) is 0 Å². The Kier molecular flexibility index (Phi) is 9.23. The van der Waals surface area contributed by atoms with Crippen LogP contribution in [0.1, 0.15) is 25.0 Å². The highest BCUT2D eigenvalue weighted by atomic mass is 19.4. The zero-order chi connectivity index (χ0) is 29.3. The summed E-state index contributed by atoms with van der Waals surface area (Å²) in [4.78, 5) is 19.9. The van der Waals surface area contributed by atoms with Crippen LogP contribution in [-0.4, -0.2) is 68.8 Å². The van der Waals surface area contributed by atoms with Crippen molar-refractivity contribution in [2.45, 2.75) is 49.7 Å². The number of rotatable bonds is 8. The zero-order valence-electron chi connectivity index (χ0n) is 20.2. The van der Waals surface area contributed by atoms with Crippen LogP contribution in [0.4, 0.5) is 35.1 Å². The summed E-state index contributed by atoms with van der Waals surface area (Å²) < 4.78 is 133. The fraction of sp³-hybridized carbons (Fsp3) is 0.462. The lowest BCUT2D eigenvalue weighted by Gasteiger charge is -2.38. The number of carbonyl (C=O) groups excluding carboxylic acids is 2. The summed E-state index contributed by atoms with van der Waals surface area (Å²) in [6.07, 6.45) is -12.6. The molecule has 0 amide bonds. The fourth-order valence-electron chi connectivity index (χ4n) is 3.76. The van der Waals surface area contributed by atoms with Gasteiger partial charge in [0.15, 0.2) is 0 Å². The smallest absolute Gasteiger partial charge is 0.411 e. The summed E-state index contributed by atoms with van der Waals surface area (Å²) in [5.74, 6) is -6.18. The van der Waals surface area contributed by atoms with Crippen molar-refractivity contribution in [1.29, 1.82) is 0 Å². The highest BCUT2D eigenvalue weighted by Gasteiger charge is 2.72. The first kappa shape index (κ1) is 32.1. The zero-order valence-corrected chi connectivity index (χ0v) is 20.2. The molecule has 3 heterocycles. The molecule has 2 atom stereocenters. The number of hydrogen-bond acceptors (Lipinski definition) is 7. The molecule has 2 unspecified atom stereocenters. The summed E-state index contributed by atoms with van der Waals surface area (Å²) in [6, 6.07) is 7.54. The second kappa shape index (κ2) is 11.8. The van der Waals surface area contributed by atoms with Crippen LogP contribution in [0, 0.1) is 0 Å². The van der Waals surface area contributed by atoms with Gasteiger partial charge in [0, 0.05) is 0 Å². The first-order valence-electron chi connectivity index (χ1n) is 11.6. The number of hydrogen-bond donors (Lipinski definition) is 0. The molecule has 3 aliphatic heterocycles. The molecule has 2 aromatic rings. The van der Waals surface area contributed by atoms with Crippen LogP contribution in [0.25, 0.3) is 0 Å². The van der Waals surface area contributed by atoms with Crippen LogP contribution in [0.15, 0.2) is 48.5 Å². The van der Waals surface area contributed by atoms with E-state index in [1.165, 1.54) is 0 Å². The van der Waals surface area contributed by atoms with Gasteiger partial charge in [0.1, 0.15) is 43.3 Å². The molecule has 0 bridgehead atoms. The minimum Gasteiger partial charge on any atom is -0.491 e. The quantitative estimate of drug-likeness (QED) is 0.174. The molecule has 3 saturated heterocycles. The van der Waals surface area contributed by atoms with E-state index in [9.17, 15) is 44.7 Å². The summed E-state index contributed by atoms with van der Waals surface area (Å²) in [5, 5.41) is 0. The maximum absolute atomic E-state index is 14.2. The van der Waals surface area contributed by atoms with E-state index in [0.717, 1.165) is 48.5 Å². The summed E-state index contributed by atoms with van der Waals surface area (Å²) in [7, 11) is 0. The van der Waals surface area contributed by atoms with E-state index in [1.54, 1.807) is 0 Å². The van der Waals surface area contributed by atoms with E-state index >= 15 is 0 Å². The van der Waals surface area contributed by atoms with Crippen molar-refractivity contribution in [1.82, 2.24) is 0 Å². The lowest BCUT2D eigenvalue weighted by molar-refractivity contribution is -0.288. The lowest BCUT2D eigenvalue weighted by atomic mass is 9.73. The van der Waals surface area contributed by atoms with Crippen molar-refractivity contribution in [3.05, 3.63) is 59.7 Å². The number of epoxide rings is 2. The Labute approximate surface area is 228 Å². The minimum atomic E-state index is -5.65. The van der Waals surface area contributed by atoms with Crippen molar-refractivity contribution >= 4 is 11.9 Å². The Morgan fingerprint density at radius 2 is 1.10 bits per heavy atom. The SMILES string of the molecule is C.FC(F)(F)C(c1ccc(OCC2CO2)cc1)(c1ccc(OCC2CO2)cc1)C(F)(F)F.O=C1CC(F)(F)C(=O)O1. The van der Waals surface area contributed by atoms with E-state index in [-0.39, 0.29) is 44.3 Å². The Bertz CT molecular complexity index is 1130. The monoisotopic (exact) mass is 600 g/mol. The van der Waals surface area contributed by atoms with Crippen molar-refractivity contribution in [3.8, 4) is 11.5 Å². The largest absolute Gasteiger partial charge is 0.491 e. The highest BCUT2D eigenvalue weighted by molar-refractivity contribution is 5.98. The molecule has 5 rings (SSSR count). The van der Waals surface area contributed by atoms with Crippen LogP contribution < -0.4 is 9.47 Å². The molecule has 226 valence electrons. The number of esters is 2. The second-order valence-electron chi connectivity index (χ2n) is 8.97. The molecule has 15 heteroatoms. The average Bonchev–Trinajstić information content (AvgIpc) is 3.77. The molecule has 2 aromatic carbocycles. The van der Waals surface area contributed by atoms with Gasteiger partial charge in [-0.2, -0.15) is 35.1 Å². The van der Waals surface area contributed by atoms with Crippen molar-refractivity contribution in [2.75, 3.05) is 26.4 Å². The predicted molar refractivity (Wildman–Crippen MR) is 124 cm³/mol. The van der Waals surface area contributed by atoms with Gasteiger partial charge in [-0.15, -0.1) is 0 Å². The Balaban J connectivity index is 0.000000396. The summed E-state index contributed by atoms with van der Waals surface area (Å²) in [6.45, 7) is 1.38. The van der Waals surface area contributed by atoms with Crippen molar-refractivity contribution in [3.63, 3.8) is 0 Å². The third-order valence-corrected chi connectivity index (χ3v) is 5.97. The molecule has 3 fully saturated rings. The van der Waals surface area contributed by atoms with Crippen molar-refractivity contribution in [2.24, 2.45) is 0 Å². The molecular weight excluding hydrogens is 576 g/mol. The van der Waals surface area contributed by atoms with E-state index in [2.05, 4.69) is 4.74 Å². The normalized spacial score (nSPS) is 21.2. The third kappa shape index (κ3) is 7.25. The van der Waals surface area contributed by atoms with Gasteiger partial charge in [0.25, 0.3) is 0 Å². The summed E-state index contributed by atoms with van der Waals surface area (Å²) >= 11 is 0. The number of cyclic esters (lactones) is 2. The van der Waals surface area contributed by atoms with Crippen LogP contribution >= 0.6 is 0 Å². The molecule has 0 saturated carbocycles. The van der Waals surface area contributed by atoms with Gasteiger partial charge in [0.2, 0.25) is 5.41 Å². The molecule has 0 radical (unpaired) electrons. The van der Waals surface area contributed by atoms with Crippen molar-refractivity contribution < 1.29 is 68.4 Å². The predicted octanol–water partition coefficient (Wildman–Crippen LogP) is 5.38. The topological polar surface area (TPSA) is 86.9 Å². The van der Waals surface area contributed by atoms with Gasteiger partial charge >= 0.3 is 30.2 Å². The maximum atomic E-state index is 14.2. The van der Waals surface area contributed by atoms with Gasteiger partial charge in [0.05, 0.1) is 13.2 Å². The number of alkyl halides is 8. The molecule has 7 nitrogen and oxygen atoms in total. The van der Waals surface area contributed by atoms with Gasteiger partial charge in [-0.25, -0.2) is 4.79 Å². The van der Waals surface area contributed by atoms with E-state index < -0.39 is 53.2 Å². The standard InChI is InChI=1S/C21H18F6O4.C4H2F2O3.CH4/c22-20(23,24)19(21(25,26)27,13-1-5-15(6-2-13)28-9-17-11-30-17)14-3-7-16(8-4-14)29-10-18-12-31-18;5-4(6)1-2(7)9-3(4)8;/h1-8,17-18H,9-12H2;1H2;1H4. The molecule has 0 spiro atoms. The number of carbonyl (C=O) groups is 2. The number of halogens is 8. The molecule has 3 aliphatic rings. The van der Waals surface area contributed by atoms with Crippen LogP contribution in [-0.2, 0) is 29.2 Å². The molecule has 0 aliphatic carbocycles. The van der Waals surface area contributed by atoms with Gasteiger partial charge in [-0.3, -0.25) is 4.79 Å². The minimum absolute atomic E-state index is 0. The van der Waals surface area contributed by atoms with Gasteiger partial charge < -0.3 is 23.7 Å². The van der Waals surface area contributed by atoms with Crippen LogP contribution in [0.3, 0.4) is 0 Å². The third-order valence-electron chi connectivity index (χ3n) is 5.97. The Hall–Kier alpha value is -3.46. The maximum Gasteiger partial charge on any atom is 0.411 e. The Morgan fingerprint density at radius 1 is 0.732 bits per heavy atom. The van der Waals surface area contributed by atoms with E-state index in [1.807, 2.05) is 0 Å². The fourth-order valence-corrected chi connectivity index (χ4v) is 3.76. The first-order chi connectivity index (χ1) is 18.6. The number of ether oxygens (including phenoxy) is 5. The van der Waals surface area contributed by atoms with Gasteiger partial charge in [-0.1, -0.05) is 31.7 Å². The number of benzene rings is 2.